The fourth-order valence-corrected chi connectivity index (χ4v) is 4.30. The maximum atomic E-state index is 12.9. The number of hydrogen-bond acceptors (Lipinski definition) is 2. The first-order chi connectivity index (χ1) is 8.37. The highest BCUT2D eigenvalue weighted by Crippen LogP contribution is 2.69. The Kier molecular flexibility index (Phi) is 3.68. The fraction of sp³-hybridized carbons (Fsp3) is 0.933. The van der Waals surface area contributed by atoms with Crippen molar-refractivity contribution >= 4 is 18.3 Å². The van der Waals surface area contributed by atoms with Crippen molar-refractivity contribution in [1.29, 1.82) is 0 Å². The predicted molar refractivity (Wildman–Crippen MR) is 79.4 cm³/mol. The number of nitrogens with zero attached hydrogens (tertiary/aromatic N) is 1. The largest absolute Gasteiger partial charge is 0.335 e. The zero-order valence-electron chi connectivity index (χ0n) is 12.5. The van der Waals surface area contributed by atoms with Crippen LogP contribution in [0.3, 0.4) is 0 Å². The Labute approximate surface area is 122 Å². The lowest BCUT2D eigenvalue weighted by atomic mass is 10.0. The summed E-state index contributed by atoms with van der Waals surface area (Å²) in [5, 5.41) is 3.47. The summed E-state index contributed by atoms with van der Waals surface area (Å²) in [5.41, 5.74) is 0.340. The Balaban J connectivity index is 0.00000133. The first kappa shape index (κ1) is 15.1. The second-order valence-electron chi connectivity index (χ2n) is 7.50. The minimum absolute atomic E-state index is 0. The molecule has 0 aromatic heterocycles. The van der Waals surface area contributed by atoms with Crippen LogP contribution in [0, 0.1) is 16.7 Å². The van der Waals surface area contributed by atoms with Crippen LogP contribution in [0.15, 0.2) is 0 Å². The number of halogens is 1. The van der Waals surface area contributed by atoms with Gasteiger partial charge in [-0.25, -0.2) is 0 Å². The fourth-order valence-electron chi connectivity index (χ4n) is 4.30. The molecule has 2 unspecified atom stereocenters. The molecule has 0 radical (unpaired) electrons. The second kappa shape index (κ2) is 4.63. The molecule has 1 N–H and O–H groups in total. The summed E-state index contributed by atoms with van der Waals surface area (Å²) < 4.78 is 0. The minimum atomic E-state index is 0. The topological polar surface area (TPSA) is 32.3 Å². The number of rotatable bonds is 1. The van der Waals surface area contributed by atoms with Gasteiger partial charge in [-0.1, -0.05) is 27.7 Å². The van der Waals surface area contributed by atoms with Crippen LogP contribution < -0.4 is 5.32 Å². The van der Waals surface area contributed by atoms with Gasteiger partial charge in [-0.3, -0.25) is 4.79 Å². The van der Waals surface area contributed by atoms with Crippen LogP contribution in [0.4, 0.5) is 0 Å². The Morgan fingerprint density at radius 3 is 2.21 bits per heavy atom. The van der Waals surface area contributed by atoms with Crippen molar-refractivity contribution in [3.8, 4) is 0 Å². The van der Waals surface area contributed by atoms with Gasteiger partial charge in [0.05, 0.1) is 0 Å². The highest BCUT2D eigenvalue weighted by Gasteiger charge is 2.69. The molecule has 1 aliphatic carbocycles. The zero-order chi connectivity index (χ0) is 13.1. The molecular formula is C15H27ClN2O. The lowest BCUT2D eigenvalue weighted by Gasteiger charge is -2.29. The summed E-state index contributed by atoms with van der Waals surface area (Å²) in [4.78, 5) is 15.2. The van der Waals surface area contributed by atoms with E-state index in [2.05, 4.69) is 37.9 Å². The molecule has 2 saturated heterocycles. The van der Waals surface area contributed by atoms with Crippen LogP contribution in [0.5, 0.6) is 0 Å². The minimum Gasteiger partial charge on any atom is -0.335 e. The van der Waals surface area contributed by atoms with Crippen molar-refractivity contribution in [2.24, 2.45) is 16.7 Å². The van der Waals surface area contributed by atoms with E-state index in [0.29, 0.717) is 18.0 Å². The van der Waals surface area contributed by atoms with E-state index in [1.54, 1.807) is 0 Å². The van der Waals surface area contributed by atoms with Crippen LogP contribution in [0.2, 0.25) is 0 Å². The van der Waals surface area contributed by atoms with Gasteiger partial charge in [0.25, 0.3) is 0 Å². The number of carbonyl (C=O) groups is 1. The third-order valence-corrected chi connectivity index (χ3v) is 6.18. The lowest BCUT2D eigenvalue weighted by molar-refractivity contribution is -0.136. The van der Waals surface area contributed by atoms with Crippen molar-refractivity contribution in [2.75, 3.05) is 13.1 Å². The summed E-state index contributed by atoms with van der Waals surface area (Å²) in [6.07, 6.45) is 3.54. The van der Waals surface area contributed by atoms with Crippen molar-refractivity contribution in [3.63, 3.8) is 0 Å². The predicted octanol–water partition coefficient (Wildman–Crippen LogP) is 2.44. The summed E-state index contributed by atoms with van der Waals surface area (Å²) in [6.45, 7) is 11.0. The van der Waals surface area contributed by atoms with Crippen molar-refractivity contribution < 1.29 is 4.79 Å². The Morgan fingerprint density at radius 2 is 1.63 bits per heavy atom. The molecule has 1 saturated carbocycles. The highest BCUT2D eigenvalue weighted by molar-refractivity contribution is 5.85. The summed E-state index contributed by atoms with van der Waals surface area (Å²) >= 11 is 0. The summed E-state index contributed by atoms with van der Waals surface area (Å²) in [7, 11) is 0. The van der Waals surface area contributed by atoms with Gasteiger partial charge in [0.15, 0.2) is 0 Å². The van der Waals surface area contributed by atoms with Gasteiger partial charge < -0.3 is 10.2 Å². The van der Waals surface area contributed by atoms with E-state index in [9.17, 15) is 4.79 Å². The van der Waals surface area contributed by atoms with E-state index in [1.165, 1.54) is 12.8 Å². The molecule has 4 heteroatoms. The molecule has 2 heterocycles. The molecule has 19 heavy (non-hydrogen) atoms. The van der Waals surface area contributed by atoms with E-state index in [-0.39, 0.29) is 29.2 Å². The van der Waals surface area contributed by atoms with Gasteiger partial charge in [0.2, 0.25) is 5.91 Å². The van der Waals surface area contributed by atoms with Crippen molar-refractivity contribution in [1.82, 2.24) is 10.2 Å². The highest BCUT2D eigenvalue weighted by atomic mass is 35.5. The third kappa shape index (κ3) is 2.01. The number of nitrogens with one attached hydrogen (secondary N) is 1. The monoisotopic (exact) mass is 286 g/mol. The van der Waals surface area contributed by atoms with E-state index >= 15 is 0 Å². The molecule has 1 amide bonds. The van der Waals surface area contributed by atoms with E-state index in [0.717, 1.165) is 19.5 Å². The maximum absolute atomic E-state index is 12.9. The smallest absolute Gasteiger partial charge is 0.227 e. The summed E-state index contributed by atoms with van der Waals surface area (Å²) in [6, 6.07) is 0.960. The number of fused-ring (bicyclic) bond motifs is 2. The van der Waals surface area contributed by atoms with Crippen LogP contribution >= 0.6 is 12.4 Å². The SMILES string of the molecule is CC1(C)C(C(=O)N2C3CCNCC2CC3)C1(C)C.Cl. The first-order valence-electron chi connectivity index (χ1n) is 7.40. The lowest BCUT2D eigenvalue weighted by Crippen LogP contribution is -2.44. The van der Waals surface area contributed by atoms with Gasteiger partial charge in [0.1, 0.15) is 0 Å². The Bertz CT molecular complexity index is 352. The van der Waals surface area contributed by atoms with Crippen LogP contribution in [0.25, 0.3) is 0 Å². The zero-order valence-corrected chi connectivity index (χ0v) is 13.3. The quantitative estimate of drug-likeness (QED) is 0.803. The average Bonchev–Trinajstić information content (AvgIpc) is 2.50. The van der Waals surface area contributed by atoms with Crippen molar-refractivity contribution in [2.45, 2.75) is 59.0 Å². The van der Waals surface area contributed by atoms with E-state index in [4.69, 9.17) is 0 Å². The number of amides is 1. The Morgan fingerprint density at radius 1 is 1.05 bits per heavy atom. The van der Waals surface area contributed by atoms with Crippen LogP contribution in [0.1, 0.15) is 47.0 Å². The average molecular weight is 287 g/mol. The third-order valence-electron chi connectivity index (χ3n) is 6.18. The maximum Gasteiger partial charge on any atom is 0.227 e. The standard InChI is InChI=1S/C15H26N2O.ClH/c1-14(2)12(15(14,3)4)13(18)17-10-5-6-11(17)9-16-8-7-10;/h10-12,16H,5-9H2,1-4H3;1H. The van der Waals surface area contributed by atoms with Gasteiger partial charge in [-0.15, -0.1) is 12.4 Å². The molecule has 3 nitrogen and oxygen atoms in total. The van der Waals surface area contributed by atoms with Crippen LogP contribution in [-0.2, 0) is 4.79 Å². The molecule has 2 bridgehead atoms. The van der Waals surface area contributed by atoms with Crippen LogP contribution in [-0.4, -0.2) is 36.0 Å². The molecule has 2 aliphatic heterocycles. The normalized spacial score (nSPS) is 35.5. The molecule has 2 atom stereocenters. The number of carbonyl (C=O) groups excluding carboxylic acids is 1. The first-order valence-corrected chi connectivity index (χ1v) is 7.40. The van der Waals surface area contributed by atoms with Gasteiger partial charge in [-0.2, -0.15) is 0 Å². The van der Waals surface area contributed by atoms with Crippen molar-refractivity contribution in [3.05, 3.63) is 0 Å². The van der Waals surface area contributed by atoms with Gasteiger partial charge in [0, 0.05) is 24.5 Å². The molecule has 0 aromatic rings. The van der Waals surface area contributed by atoms with Gasteiger partial charge >= 0.3 is 0 Å². The van der Waals surface area contributed by atoms with E-state index in [1.807, 2.05) is 0 Å². The molecule has 3 aliphatic rings. The molecule has 0 spiro atoms. The van der Waals surface area contributed by atoms with E-state index < -0.39 is 0 Å². The molecular weight excluding hydrogens is 260 g/mol. The molecule has 3 fully saturated rings. The van der Waals surface area contributed by atoms with Gasteiger partial charge in [-0.05, 0) is 36.6 Å². The number of hydrogen-bond donors (Lipinski definition) is 1. The summed E-state index contributed by atoms with van der Waals surface area (Å²) in [5.74, 6) is 0.660. The molecule has 3 rings (SSSR count). The second-order valence-corrected chi connectivity index (χ2v) is 7.50. The molecule has 110 valence electrons. The molecule has 0 aromatic carbocycles. The Hall–Kier alpha value is -0.280.